The Balaban J connectivity index is 2.07. The molecule has 19 heavy (non-hydrogen) atoms. The van der Waals surface area contributed by atoms with E-state index in [4.69, 9.17) is 5.11 Å². The van der Waals surface area contributed by atoms with Gasteiger partial charge >= 0.3 is 5.97 Å². The Morgan fingerprint density at radius 1 is 1.26 bits per heavy atom. The van der Waals surface area contributed by atoms with E-state index in [0.29, 0.717) is 0 Å². The van der Waals surface area contributed by atoms with Crippen molar-refractivity contribution in [3.8, 4) is 0 Å². The van der Waals surface area contributed by atoms with Crippen molar-refractivity contribution in [2.24, 2.45) is 0 Å². The third kappa shape index (κ3) is 3.26. The Kier molecular flexibility index (Phi) is 4.43. The van der Waals surface area contributed by atoms with Crippen LogP contribution in [0.1, 0.15) is 18.1 Å². The predicted molar refractivity (Wildman–Crippen MR) is 76.8 cm³/mol. The summed E-state index contributed by atoms with van der Waals surface area (Å²) in [5, 5.41) is 8.82. The van der Waals surface area contributed by atoms with Crippen LogP contribution in [0.2, 0.25) is 0 Å². The van der Waals surface area contributed by atoms with Crippen LogP contribution in [0.15, 0.2) is 18.2 Å². The summed E-state index contributed by atoms with van der Waals surface area (Å²) in [6.07, 6.45) is 1.03. The lowest BCUT2D eigenvalue weighted by atomic mass is 10.0. The van der Waals surface area contributed by atoms with Gasteiger partial charge in [-0.2, -0.15) is 0 Å². The van der Waals surface area contributed by atoms with Crippen LogP contribution in [-0.4, -0.2) is 48.7 Å². The summed E-state index contributed by atoms with van der Waals surface area (Å²) in [5.74, 6) is -0.737. The molecule has 0 aromatic heterocycles. The van der Waals surface area contributed by atoms with Crippen molar-refractivity contribution in [3.05, 3.63) is 29.3 Å². The molecule has 4 heteroatoms. The minimum absolute atomic E-state index is 0.155. The van der Waals surface area contributed by atoms with Gasteiger partial charge in [-0.15, -0.1) is 0 Å². The summed E-state index contributed by atoms with van der Waals surface area (Å²) in [7, 11) is 0. The first-order chi connectivity index (χ1) is 9.11. The SMILES string of the molecule is CCc1cccc(C)c1N1CCN(CC(=O)O)CC1. The summed E-state index contributed by atoms with van der Waals surface area (Å²) in [6.45, 7) is 7.95. The topological polar surface area (TPSA) is 43.8 Å². The van der Waals surface area contributed by atoms with Crippen molar-refractivity contribution in [3.63, 3.8) is 0 Å². The molecule has 0 atom stereocenters. The number of aryl methyl sites for hydroxylation is 2. The van der Waals surface area contributed by atoms with Crippen molar-refractivity contribution in [1.29, 1.82) is 0 Å². The molecule has 1 aliphatic heterocycles. The minimum Gasteiger partial charge on any atom is -0.480 e. The Morgan fingerprint density at radius 3 is 2.53 bits per heavy atom. The molecule has 0 bridgehead atoms. The Labute approximate surface area is 114 Å². The number of piperazine rings is 1. The first-order valence-electron chi connectivity index (χ1n) is 6.89. The van der Waals surface area contributed by atoms with E-state index in [1.165, 1.54) is 16.8 Å². The zero-order chi connectivity index (χ0) is 13.8. The van der Waals surface area contributed by atoms with Gasteiger partial charge in [-0.1, -0.05) is 25.1 Å². The number of para-hydroxylation sites is 1. The molecule has 1 aromatic carbocycles. The lowest BCUT2D eigenvalue weighted by molar-refractivity contribution is -0.138. The highest BCUT2D eigenvalue weighted by atomic mass is 16.4. The number of nitrogens with zero attached hydrogens (tertiary/aromatic N) is 2. The van der Waals surface area contributed by atoms with Crippen LogP contribution in [0.25, 0.3) is 0 Å². The van der Waals surface area contributed by atoms with Gasteiger partial charge in [-0.3, -0.25) is 9.69 Å². The third-order valence-electron chi connectivity index (χ3n) is 3.75. The first kappa shape index (κ1) is 13.9. The molecule has 0 spiro atoms. The van der Waals surface area contributed by atoms with Crippen molar-refractivity contribution in [1.82, 2.24) is 4.90 Å². The number of carboxylic acids is 1. The van der Waals surface area contributed by atoms with Crippen LogP contribution in [0.5, 0.6) is 0 Å². The smallest absolute Gasteiger partial charge is 0.317 e. The standard InChI is InChI=1S/C15H22N2O2/c1-3-13-6-4-5-12(2)15(13)17-9-7-16(8-10-17)11-14(18)19/h4-6H,3,7-11H2,1-2H3,(H,18,19). The van der Waals surface area contributed by atoms with Gasteiger partial charge < -0.3 is 10.0 Å². The van der Waals surface area contributed by atoms with Crippen LogP contribution < -0.4 is 4.90 Å². The third-order valence-corrected chi connectivity index (χ3v) is 3.75. The number of benzene rings is 1. The summed E-state index contributed by atoms with van der Waals surface area (Å²) < 4.78 is 0. The van der Waals surface area contributed by atoms with Crippen molar-refractivity contribution in [2.45, 2.75) is 20.3 Å². The molecule has 1 saturated heterocycles. The minimum atomic E-state index is -0.737. The number of hydrogen-bond acceptors (Lipinski definition) is 3. The second-order valence-corrected chi connectivity index (χ2v) is 5.09. The Morgan fingerprint density at radius 2 is 1.95 bits per heavy atom. The zero-order valence-corrected chi connectivity index (χ0v) is 11.7. The van der Waals surface area contributed by atoms with E-state index in [-0.39, 0.29) is 6.54 Å². The summed E-state index contributed by atoms with van der Waals surface area (Å²) in [4.78, 5) is 15.1. The molecule has 1 aliphatic rings. The quantitative estimate of drug-likeness (QED) is 0.898. The molecule has 0 amide bonds. The van der Waals surface area contributed by atoms with E-state index in [2.05, 4.69) is 36.9 Å². The van der Waals surface area contributed by atoms with Crippen LogP contribution in [0, 0.1) is 6.92 Å². The maximum atomic E-state index is 10.7. The first-order valence-corrected chi connectivity index (χ1v) is 6.89. The molecule has 104 valence electrons. The second kappa shape index (κ2) is 6.06. The van der Waals surface area contributed by atoms with E-state index in [0.717, 1.165) is 32.6 Å². The van der Waals surface area contributed by atoms with Gasteiger partial charge in [0.25, 0.3) is 0 Å². The fourth-order valence-corrected chi connectivity index (χ4v) is 2.78. The molecule has 1 aromatic rings. The second-order valence-electron chi connectivity index (χ2n) is 5.09. The van der Waals surface area contributed by atoms with Gasteiger partial charge in [0.1, 0.15) is 0 Å². The van der Waals surface area contributed by atoms with Gasteiger partial charge in [-0.05, 0) is 24.5 Å². The number of aliphatic carboxylic acids is 1. The van der Waals surface area contributed by atoms with Crippen LogP contribution >= 0.6 is 0 Å². The molecule has 0 unspecified atom stereocenters. The maximum absolute atomic E-state index is 10.7. The maximum Gasteiger partial charge on any atom is 0.317 e. The van der Waals surface area contributed by atoms with Gasteiger partial charge in [0.05, 0.1) is 6.54 Å². The molecule has 1 N–H and O–H groups in total. The van der Waals surface area contributed by atoms with E-state index < -0.39 is 5.97 Å². The lowest BCUT2D eigenvalue weighted by Crippen LogP contribution is -2.48. The molecule has 0 radical (unpaired) electrons. The monoisotopic (exact) mass is 262 g/mol. The fourth-order valence-electron chi connectivity index (χ4n) is 2.78. The Bertz CT molecular complexity index is 451. The van der Waals surface area contributed by atoms with E-state index in [1.54, 1.807) is 0 Å². The molecule has 1 heterocycles. The number of rotatable bonds is 4. The number of anilines is 1. The normalized spacial score (nSPS) is 16.6. The Hall–Kier alpha value is -1.55. The molecule has 0 aliphatic carbocycles. The van der Waals surface area contributed by atoms with Crippen molar-refractivity contribution in [2.75, 3.05) is 37.6 Å². The number of hydrogen-bond donors (Lipinski definition) is 1. The molecular formula is C15H22N2O2. The zero-order valence-electron chi connectivity index (χ0n) is 11.7. The molecular weight excluding hydrogens is 240 g/mol. The largest absolute Gasteiger partial charge is 0.480 e. The average molecular weight is 262 g/mol. The van der Waals surface area contributed by atoms with E-state index >= 15 is 0 Å². The summed E-state index contributed by atoms with van der Waals surface area (Å²) in [6, 6.07) is 6.45. The molecule has 0 saturated carbocycles. The highest BCUT2D eigenvalue weighted by Crippen LogP contribution is 2.26. The molecule has 2 rings (SSSR count). The van der Waals surface area contributed by atoms with Crippen LogP contribution in [0.3, 0.4) is 0 Å². The van der Waals surface area contributed by atoms with Gasteiger partial charge in [0.2, 0.25) is 0 Å². The van der Waals surface area contributed by atoms with Gasteiger partial charge in [-0.25, -0.2) is 0 Å². The number of carboxylic acid groups (broad SMARTS) is 1. The lowest BCUT2D eigenvalue weighted by Gasteiger charge is -2.37. The van der Waals surface area contributed by atoms with Gasteiger partial charge in [0, 0.05) is 31.9 Å². The highest BCUT2D eigenvalue weighted by molar-refractivity contribution is 5.69. The van der Waals surface area contributed by atoms with Crippen LogP contribution in [-0.2, 0) is 11.2 Å². The summed E-state index contributed by atoms with van der Waals surface area (Å²) in [5.41, 5.74) is 4.04. The predicted octanol–water partition coefficient (Wildman–Crippen LogP) is 1.76. The molecule has 1 fully saturated rings. The highest BCUT2D eigenvalue weighted by Gasteiger charge is 2.21. The van der Waals surface area contributed by atoms with Crippen molar-refractivity contribution >= 4 is 11.7 Å². The summed E-state index contributed by atoms with van der Waals surface area (Å²) >= 11 is 0. The van der Waals surface area contributed by atoms with Crippen molar-refractivity contribution < 1.29 is 9.90 Å². The van der Waals surface area contributed by atoms with Gasteiger partial charge in [0.15, 0.2) is 0 Å². The average Bonchev–Trinajstić information content (AvgIpc) is 2.39. The van der Waals surface area contributed by atoms with E-state index in [9.17, 15) is 4.79 Å². The fraction of sp³-hybridized carbons (Fsp3) is 0.533. The van der Waals surface area contributed by atoms with E-state index in [1.807, 2.05) is 4.90 Å². The molecule has 4 nitrogen and oxygen atoms in total. The van der Waals surface area contributed by atoms with Crippen LogP contribution in [0.4, 0.5) is 5.69 Å². The number of carbonyl (C=O) groups is 1.